The van der Waals surface area contributed by atoms with E-state index in [0.717, 1.165) is 17.1 Å². The van der Waals surface area contributed by atoms with Crippen LogP contribution in [-0.2, 0) is 0 Å². The van der Waals surface area contributed by atoms with Gasteiger partial charge in [0.05, 0.1) is 0 Å². The van der Waals surface area contributed by atoms with Gasteiger partial charge in [-0.15, -0.1) is 0 Å². The van der Waals surface area contributed by atoms with Crippen LogP contribution >= 0.6 is 7.51 Å². The SMILES string of the molecule is CN=P(C)(Oc1ccccc1)Oc1cccc(C)c1. The van der Waals surface area contributed by atoms with Crippen molar-refractivity contribution in [2.75, 3.05) is 13.7 Å². The molecular weight excluding hydrogens is 257 g/mol. The molecule has 1 atom stereocenters. The number of rotatable bonds is 4. The summed E-state index contributed by atoms with van der Waals surface area (Å²) in [5.41, 5.74) is 1.15. The third kappa shape index (κ3) is 3.87. The third-order valence-electron chi connectivity index (χ3n) is 2.65. The molecule has 0 aromatic heterocycles. The summed E-state index contributed by atoms with van der Waals surface area (Å²) in [6.07, 6.45) is 0. The maximum atomic E-state index is 5.96. The first-order valence-electron chi connectivity index (χ1n) is 6.10. The average Bonchev–Trinajstić information content (AvgIpc) is 2.40. The van der Waals surface area contributed by atoms with Gasteiger partial charge in [0, 0.05) is 13.7 Å². The Balaban J connectivity index is 2.19. The minimum Gasteiger partial charge on any atom is -0.430 e. The Kier molecular flexibility index (Phi) is 4.28. The molecule has 0 fully saturated rings. The molecule has 2 aromatic rings. The Hall–Kier alpha value is -1.73. The lowest BCUT2D eigenvalue weighted by atomic mass is 10.2. The molecule has 0 spiro atoms. The van der Waals surface area contributed by atoms with E-state index in [-0.39, 0.29) is 0 Å². The molecule has 0 saturated carbocycles. The molecule has 0 amide bonds. The number of hydrogen-bond acceptors (Lipinski definition) is 3. The van der Waals surface area contributed by atoms with Crippen LogP contribution in [0.15, 0.2) is 59.3 Å². The van der Waals surface area contributed by atoms with Crippen LogP contribution in [0.25, 0.3) is 0 Å². The summed E-state index contributed by atoms with van der Waals surface area (Å²) >= 11 is 0. The molecule has 0 aliphatic rings. The molecule has 2 aromatic carbocycles. The van der Waals surface area contributed by atoms with Gasteiger partial charge in [0.1, 0.15) is 11.5 Å². The Morgan fingerprint density at radius 1 is 0.895 bits per heavy atom. The summed E-state index contributed by atoms with van der Waals surface area (Å²) in [6, 6.07) is 17.5. The standard InChI is InChI=1S/C15H18NO2P/c1-13-8-7-11-15(12-13)18-19(3,16-2)17-14-9-5-4-6-10-14/h4-12H,1-3H3. The molecule has 4 heteroatoms. The maximum absolute atomic E-state index is 5.96. The van der Waals surface area contributed by atoms with Gasteiger partial charge in [0.25, 0.3) is 0 Å². The van der Waals surface area contributed by atoms with Crippen LogP contribution in [-0.4, -0.2) is 13.7 Å². The fourth-order valence-electron chi connectivity index (χ4n) is 1.64. The number of hydrogen-bond donors (Lipinski definition) is 0. The fourth-order valence-corrected chi connectivity index (χ4v) is 2.86. The predicted octanol–water partition coefficient (Wildman–Crippen LogP) is 4.74. The van der Waals surface area contributed by atoms with Crippen molar-refractivity contribution in [3.63, 3.8) is 0 Å². The molecule has 19 heavy (non-hydrogen) atoms. The molecule has 0 saturated heterocycles. The van der Waals surface area contributed by atoms with Crippen LogP contribution < -0.4 is 9.05 Å². The van der Waals surface area contributed by atoms with Crippen LogP contribution in [0.5, 0.6) is 11.5 Å². The highest BCUT2D eigenvalue weighted by Crippen LogP contribution is 2.47. The van der Waals surface area contributed by atoms with Gasteiger partial charge in [-0.2, -0.15) is 0 Å². The second-order valence-electron chi connectivity index (χ2n) is 4.32. The van der Waals surface area contributed by atoms with Gasteiger partial charge in [0.15, 0.2) is 0 Å². The molecule has 0 bridgehead atoms. The van der Waals surface area contributed by atoms with E-state index in [2.05, 4.69) is 4.74 Å². The van der Waals surface area contributed by atoms with E-state index in [9.17, 15) is 0 Å². The zero-order valence-electron chi connectivity index (χ0n) is 11.4. The first-order valence-corrected chi connectivity index (χ1v) is 8.12. The highest BCUT2D eigenvalue weighted by atomic mass is 31.2. The number of benzene rings is 2. The number of nitrogens with zero attached hydrogens (tertiary/aromatic N) is 1. The minimum absolute atomic E-state index is 0.775. The molecule has 0 N–H and O–H groups in total. The van der Waals surface area contributed by atoms with Gasteiger partial charge < -0.3 is 9.05 Å². The molecule has 100 valence electrons. The number of aryl methyl sites for hydroxylation is 1. The van der Waals surface area contributed by atoms with Crippen molar-refractivity contribution in [3.05, 3.63) is 60.2 Å². The lowest BCUT2D eigenvalue weighted by molar-refractivity contribution is 0.481. The fraction of sp³-hybridized carbons (Fsp3) is 0.200. The summed E-state index contributed by atoms with van der Waals surface area (Å²) in [4.78, 5) is 0. The van der Waals surface area contributed by atoms with Crippen molar-refractivity contribution in [1.82, 2.24) is 0 Å². The van der Waals surface area contributed by atoms with Crippen LogP contribution in [0.1, 0.15) is 5.56 Å². The largest absolute Gasteiger partial charge is 0.430 e. The summed E-state index contributed by atoms with van der Waals surface area (Å²) in [5, 5.41) is 0. The second kappa shape index (κ2) is 5.94. The molecule has 0 radical (unpaired) electrons. The van der Waals surface area contributed by atoms with Gasteiger partial charge in [0.2, 0.25) is 0 Å². The van der Waals surface area contributed by atoms with E-state index in [0.29, 0.717) is 0 Å². The lowest BCUT2D eigenvalue weighted by Gasteiger charge is -2.21. The summed E-state index contributed by atoms with van der Waals surface area (Å²) in [5.74, 6) is 1.56. The Bertz CT molecular complexity index is 596. The summed E-state index contributed by atoms with van der Waals surface area (Å²) < 4.78 is 16.2. The van der Waals surface area contributed by atoms with Gasteiger partial charge in [-0.3, -0.25) is 0 Å². The third-order valence-corrected chi connectivity index (χ3v) is 4.47. The van der Waals surface area contributed by atoms with Gasteiger partial charge in [-0.05, 0) is 36.8 Å². The van der Waals surface area contributed by atoms with Crippen molar-refractivity contribution < 1.29 is 9.05 Å². The molecule has 3 nitrogen and oxygen atoms in total. The van der Waals surface area contributed by atoms with E-state index in [1.165, 1.54) is 0 Å². The van der Waals surface area contributed by atoms with Gasteiger partial charge in [-0.25, -0.2) is 4.74 Å². The van der Waals surface area contributed by atoms with Gasteiger partial charge in [-0.1, -0.05) is 30.3 Å². The summed E-state index contributed by atoms with van der Waals surface area (Å²) in [6.45, 7) is 3.94. The van der Waals surface area contributed by atoms with E-state index in [1.807, 2.05) is 68.2 Å². The van der Waals surface area contributed by atoms with Crippen molar-refractivity contribution in [1.29, 1.82) is 0 Å². The monoisotopic (exact) mass is 275 g/mol. The molecular formula is C15H18NO2P. The van der Waals surface area contributed by atoms with Gasteiger partial charge >= 0.3 is 7.51 Å². The average molecular weight is 275 g/mol. The maximum Gasteiger partial charge on any atom is 0.310 e. The van der Waals surface area contributed by atoms with Crippen molar-refractivity contribution in [2.45, 2.75) is 6.92 Å². The Labute approximate surface area is 114 Å². The highest BCUT2D eigenvalue weighted by molar-refractivity contribution is 7.56. The normalized spacial score (nSPS) is 13.4. The topological polar surface area (TPSA) is 30.8 Å². The molecule has 0 heterocycles. The molecule has 1 unspecified atom stereocenters. The quantitative estimate of drug-likeness (QED) is 0.754. The van der Waals surface area contributed by atoms with Crippen LogP contribution in [0.2, 0.25) is 0 Å². The predicted molar refractivity (Wildman–Crippen MR) is 80.1 cm³/mol. The molecule has 2 rings (SSSR count). The van der Waals surface area contributed by atoms with Crippen LogP contribution in [0.4, 0.5) is 0 Å². The Morgan fingerprint density at radius 2 is 1.53 bits per heavy atom. The second-order valence-corrected chi connectivity index (χ2v) is 6.69. The minimum atomic E-state index is -2.29. The first-order chi connectivity index (χ1) is 9.11. The smallest absolute Gasteiger partial charge is 0.310 e. The van der Waals surface area contributed by atoms with Crippen molar-refractivity contribution >= 4 is 7.51 Å². The van der Waals surface area contributed by atoms with Crippen LogP contribution in [0.3, 0.4) is 0 Å². The molecule has 0 aliphatic carbocycles. The van der Waals surface area contributed by atoms with Crippen molar-refractivity contribution in [2.24, 2.45) is 4.74 Å². The first kappa shape index (κ1) is 13.7. The summed E-state index contributed by atoms with van der Waals surface area (Å²) in [7, 11) is -0.560. The van der Waals surface area contributed by atoms with Crippen molar-refractivity contribution in [3.8, 4) is 11.5 Å². The number of para-hydroxylation sites is 1. The van der Waals surface area contributed by atoms with Crippen LogP contribution in [0, 0.1) is 6.92 Å². The van der Waals surface area contributed by atoms with E-state index in [4.69, 9.17) is 9.05 Å². The Morgan fingerprint density at radius 3 is 2.16 bits per heavy atom. The van der Waals surface area contributed by atoms with E-state index < -0.39 is 7.51 Å². The zero-order valence-corrected chi connectivity index (χ0v) is 12.3. The van der Waals surface area contributed by atoms with E-state index in [1.54, 1.807) is 7.05 Å². The highest BCUT2D eigenvalue weighted by Gasteiger charge is 2.17. The zero-order chi connectivity index (χ0) is 13.7. The molecule has 0 aliphatic heterocycles. The lowest BCUT2D eigenvalue weighted by Crippen LogP contribution is -2.00. The van der Waals surface area contributed by atoms with E-state index >= 15 is 0 Å².